The summed E-state index contributed by atoms with van der Waals surface area (Å²) in [6, 6.07) is 18.2. The molecule has 174 valence electrons. The standard InChI is InChI=1S/C25H24N4O5/c1-2-33-25(30)20(22-13-19-12-17(24(27)29-32)7-8-21(19)34-22)10-14-3-4-15-5-6-16(23(26)28-31)11-18(15)9-14/h3-9,11-13,20,31-32H,2,10H2,1H3,(H2,26,28)(H2,27,29). The molecule has 0 aliphatic rings. The predicted molar refractivity (Wildman–Crippen MR) is 128 cm³/mol. The molecule has 4 rings (SSSR count). The molecule has 0 fully saturated rings. The molecular formula is C25H24N4O5. The number of carbonyl (C=O) groups is 1. The Morgan fingerprint density at radius 2 is 1.56 bits per heavy atom. The SMILES string of the molecule is CCOC(=O)C(Cc1ccc2ccc(/C(N)=N/O)cc2c1)c1cc2cc(/C(N)=N/O)ccc2o1. The van der Waals surface area contributed by atoms with Crippen LogP contribution < -0.4 is 11.5 Å². The molecule has 1 aromatic heterocycles. The number of rotatable bonds is 7. The maximum atomic E-state index is 12.9. The number of hydrogen-bond donors (Lipinski definition) is 4. The maximum Gasteiger partial charge on any atom is 0.316 e. The molecule has 34 heavy (non-hydrogen) atoms. The summed E-state index contributed by atoms with van der Waals surface area (Å²) in [5, 5.41) is 26.6. The summed E-state index contributed by atoms with van der Waals surface area (Å²) in [7, 11) is 0. The molecule has 1 heterocycles. The lowest BCUT2D eigenvalue weighted by Crippen LogP contribution is -2.18. The van der Waals surface area contributed by atoms with Crippen molar-refractivity contribution < 1.29 is 24.4 Å². The number of furan rings is 1. The van der Waals surface area contributed by atoms with Crippen molar-refractivity contribution in [3.8, 4) is 0 Å². The van der Waals surface area contributed by atoms with Crippen LogP contribution >= 0.6 is 0 Å². The highest BCUT2D eigenvalue weighted by Gasteiger charge is 2.26. The topological polar surface area (TPSA) is 157 Å². The molecule has 9 heteroatoms. The van der Waals surface area contributed by atoms with E-state index in [-0.39, 0.29) is 18.3 Å². The summed E-state index contributed by atoms with van der Waals surface area (Å²) in [6.45, 7) is 1.99. The summed E-state index contributed by atoms with van der Waals surface area (Å²) in [6.07, 6.45) is 0.343. The van der Waals surface area contributed by atoms with Crippen LogP contribution in [0.4, 0.5) is 0 Å². The first-order chi connectivity index (χ1) is 16.4. The van der Waals surface area contributed by atoms with E-state index < -0.39 is 11.9 Å². The number of carbonyl (C=O) groups excluding carboxylic acids is 1. The van der Waals surface area contributed by atoms with E-state index in [0.29, 0.717) is 28.9 Å². The molecule has 0 bridgehead atoms. The Balaban J connectivity index is 1.72. The molecule has 0 amide bonds. The molecule has 9 nitrogen and oxygen atoms in total. The third-order valence-corrected chi connectivity index (χ3v) is 5.60. The van der Waals surface area contributed by atoms with Crippen LogP contribution in [0.5, 0.6) is 0 Å². The minimum atomic E-state index is -0.677. The van der Waals surface area contributed by atoms with Crippen molar-refractivity contribution in [1.29, 1.82) is 0 Å². The Morgan fingerprint density at radius 3 is 2.24 bits per heavy atom. The summed E-state index contributed by atoms with van der Waals surface area (Å²) in [5.41, 5.74) is 14.0. The zero-order chi connectivity index (χ0) is 24.2. The van der Waals surface area contributed by atoms with Gasteiger partial charge in [0, 0.05) is 16.5 Å². The molecule has 0 aliphatic carbocycles. The van der Waals surface area contributed by atoms with Crippen LogP contribution in [0.3, 0.4) is 0 Å². The monoisotopic (exact) mass is 460 g/mol. The number of nitrogens with two attached hydrogens (primary N) is 2. The first-order valence-corrected chi connectivity index (χ1v) is 10.6. The Hall–Kier alpha value is -4.53. The zero-order valence-corrected chi connectivity index (χ0v) is 18.4. The van der Waals surface area contributed by atoms with Crippen molar-refractivity contribution in [2.75, 3.05) is 6.61 Å². The van der Waals surface area contributed by atoms with Crippen LogP contribution in [0.2, 0.25) is 0 Å². The molecule has 4 aromatic rings. The van der Waals surface area contributed by atoms with Gasteiger partial charge in [-0.2, -0.15) is 0 Å². The summed E-state index contributed by atoms with van der Waals surface area (Å²) >= 11 is 0. The second-order valence-electron chi connectivity index (χ2n) is 7.78. The Bertz CT molecular complexity index is 1420. The van der Waals surface area contributed by atoms with Crippen LogP contribution in [0.15, 0.2) is 75.4 Å². The normalized spacial score (nSPS) is 13.3. The molecule has 0 spiro atoms. The minimum Gasteiger partial charge on any atom is -0.465 e. The highest BCUT2D eigenvalue weighted by atomic mass is 16.5. The fourth-order valence-corrected chi connectivity index (χ4v) is 3.87. The van der Waals surface area contributed by atoms with Crippen LogP contribution in [0.1, 0.15) is 35.3 Å². The summed E-state index contributed by atoms with van der Waals surface area (Å²) < 4.78 is 11.3. The van der Waals surface area contributed by atoms with E-state index >= 15 is 0 Å². The first-order valence-electron chi connectivity index (χ1n) is 10.6. The van der Waals surface area contributed by atoms with Gasteiger partial charge in [0.25, 0.3) is 0 Å². The van der Waals surface area contributed by atoms with Crippen molar-refractivity contribution in [2.24, 2.45) is 21.8 Å². The van der Waals surface area contributed by atoms with E-state index in [1.165, 1.54) is 0 Å². The number of amidine groups is 2. The van der Waals surface area contributed by atoms with Crippen molar-refractivity contribution >= 4 is 39.4 Å². The van der Waals surface area contributed by atoms with Gasteiger partial charge in [0.2, 0.25) is 0 Å². The fraction of sp³-hybridized carbons (Fsp3) is 0.160. The molecular weight excluding hydrogens is 436 g/mol. The van der Waals surface area contributed by atoms with E-state index in [1.807, 2.05) is 30.3 Å². The highest BCUT2D eigenvalue weighted by molar-refractivity contribution is 6.01. The number of nitrogens with zero attached hydrogens (tertiary/aromatic N) is 2. The van der Waals surface area contributed by atoms with Gasteiger partial charge in [-0.25, -0.2) is 0 Å². The Morgan fingerprint density at radius 1 is 0.912 bits per heavy atom. The van der Waals surface area contributed by atoms with Gasteiger partial charge >= 0.3 is 5.97 Å². The van der Waals surface area contributed by atoms with Gasteiger partial charge in [-0.3, -0.25) is 4.79 Å². The van der Waals surface area contributed by atoms with E-state index in [9.17, 15) is 4.79 Å². The van der Waals surface area contributed by atoms with Crippen LogP contribution in [-0.4, -0.2) is 34.7 Å². The maximum absolute atomic E-state index is 12.9. The van der Waals surface area contributed by atoms with Gasteiger partial charge in [0.1, 0.15) is 17.3 Å². The smallest absolute Gasteiger partial charge is 0.316 e. The lowest BCUT2D eigenvalue weighted by atomic mass is 9.94. The number of hydrogen-bond acceptors (Lipinski definition) is 7. The molecule has 0 aliphatic heterocycles. The summed E-state index contributed by atoms with van der Waals surface area (Å²) in [4.78, 5) is 12.9. The average molecular weight is 460 g/mol. The number of esters is 1. The van der Waals surface area contributed by atoms with Gasteiger partial charge in [-0.05, 0) is 60.0 Å². The highest BCUT2D eigenvalue weighted by Crippen LogP contribution is 2.30. The Labute approximate surface area is 194 Å². The van der Waals surface area contributed by atoms with Crippen molar-refractivity contribution in [2.45, 2.75) is 19.3 Å². The third-order valence-electron chi connectivity index (χ3n) is 5.60. The predicted octanol–water partition coefficient (Wildman–Crippen LogP) is 3.66. The minimum absolute atomic E-state index is 0.0187. The lowest BCUT2D eigenvalue weighted by molar-refractivity contribution is -0.145. The van der Waals surface area contributed by atoms with Gasteiger partial charge in [0.05, 0.1) is 6.61 Å². The largest absolute Gasteiger partial charge is 0.465 e. The second kappa shape index (κ2) is 9.53. The molecule has 1 atom stereocenters. The average Bonchev–Trinajstić information content (AvgIpc) is 3.28. The Kier molecular flexibility index (Phi) is 6.35. The number of oxime groups is 2. The number of fused-ring (bicyclic) bond motifs is 2. The van der Waals surface area contributed by atoms with Crippen molar-refractivity contribution in [3.05, 3.63) is 83.1 Å². The van der Waals surface area contributed by atoms with Gasteiger partial charge in [-0.15, -0.1) is 0 Å². The quantitative estimate of drug-likeness (QED) is 0.108. The second-order valence-corrected chi connectivity index (χ2v) is 7.78. The molecule has 3 aromatic carbocycles. The van der Waals surface area contributed by atoms with Crippen LogP contribution in [0, 0.1) is 0 Å². The third kappa shape index (κ3) is 4.49. The summed E-state index contributed by atoms with van der Waals surface area (Å²) in [5.74, 6) is -0.622. The van der Waals surface area contributed by atoms with Gasteiger partial charge in [0.15, 0.2) is 11.7 Å². The van der Waals surface area contributed by atoms with Crippen molar-refractivity contribution in [1.82, 2.24) is 0 Å². The molecule has 0 radical (unpaired) electrons. The van der Waals surface area contributed by atoms with E-state index in [0.717, 1.165) is 21.7 Å². The van der Waals surface area contributed by atoms with Crippen LogP contribution in [0.25, 0.3) is 21.7 Å². The van der Waals surface area contributed by atoms with Gasteiger partial charge in [-0.1, -0.05) is 40.6 Å². The number of ether oxygens (including phenoxy) is 1. The molecule has 0 saturated heterocycles. The zero-order valence-electron chi connectivity index (χ0n) is 18.4. The van der Waals surface area contributed by atoms with E-state index in [4.69, 9.17) is 31.0 Å². The lowest BCUT2D eigenvalue weighted by Gasteiger charge is -2.14. The molecule has 6 N–H and O–H groups in total. The fourth-order valence-electron chi connectivity index (χ4n) is 3.87. The first kappa shape index (κ1) is 22.7. The van der Waals surface area contributed by atoms with Gasteiger partial charge < -0.3 is 31.0 Å². The number of benzene rings is 3. The van der Waals surface area contributed by atoms with E-state index in [1.54, 1.807) is 37.3 Å². The molecule has 1 unspecified atom stereocenters. The van der Waals surface area contributed by atoms with E-state index in [2.05, 4.69) is 10.3 Å². The van der Waals surface area contributed by atoms with Crippen LogP contribution in [-0.2, 0) is 16.0 Å². The van der Waals surface area contributed by atoms with Crippen molar-refractivity contribution in [3.63, 3.8) is 0 Å². The molecule has 0 saturated carbocycles.